The molecular formula is C13H14ClN3O. The molecule has 0 atom stereocenters. The van der Waals surface area contributed by atoms with E-state index >= 15 is 0 Å². The molecule has 0 saturated carbocycles. The van der Waals surface area contributed by atoms with Crippen molar-refractivity contribution in [3.05, 3.63) is 40.8 Å². The third-order valence-corrected chi connectivity index (χ3v) is 2.79. The van der Waals surface area contributed by atoms with Crippen LogP contribution in [0.5, 0.6) is 11.6 Å². The molecule has 0 saturated heterocycles. The summed E-state index contributed by atoms with van der Waals surface area (Å²) < 4.78 is 5.61. The third-order valence-electron chi connectivity index (χ3n) is 2.62. The van der Waals surface area contributed by atoms with Crippen molar-refractivity contribution in [2.75, 3.05) is 5.73 Å². The smallest absolute Gasteiger partial charge is 0.247 e. The molecule has 4 nitrogen and oxygen atoms in total. The summed E-state index contributed by atoms with van der Waals surface area (Å²) in [6.45, 7) is 3.86. The fourth-order valence-electron chi connectivity index (χ4n) is 1.51. The second kappa shape index (κ2) is 5.23. The van der Waals surface area contributed by atoms with Gasteiger partial charge < -0.3 is 10.5 Å². The molecule has 18 heavy (non-hydrogen) atoms. The van der Waals surface area contributed by atoms with Gasteiger partial charge in [-0.25, -0.2) is 4.98 Å². The Balaban J connectivity index is 2.27. The van der Waals surface area contributed by atoms with Crippen LogP contribution in [0.4, 0.5) is 5.69 Å². The van der Waals surface area contributed by atoms with Crippen molar-refractivity contribution in [2.45, 2.75) is 20.3 Å². The molecule has 1 heterocycles. The monoisotopic (exact) mass is 263 g/mol. The van der Waals surface area contributed by atoms with Crippen LogP contribution in [0.25, 0.3) is 0 Å². The molecule has 0 spiro atoms. The minimum atomic E-state index is 0.127. The van der Waals surface area contributed by atoms with Crippen LogP contribution < -0.4 is 10.5 Å². The lowest BCUT2D eigenvalue weighted by Crippen LogP contribution is -2.00. The predicted octanol–water partition coefficient (Wildman–Crippen LogP) is 3.38. The Bertz CT molecular complexity index is 555. The van der Waals surface area contributed by atoms with E-state index in [1.165, 1.54) is 5.56 Å². The molecule has 2 N–H and O–H groups in total. The molecule has 0 fully saturated rings. The number of aromatic nitrogens is 2. The van der Waals surface area contributed by atoms with Crippen molar-refractivity contribution >= 4 is 17.3 Å². The minimum Gasteiger partial charge on any atom is -0.437 e. The van der Waals surface area contributed by atoms with Crippen LogP contribution in [0.2, 0.25) is 5.28 Å². The number of ether oxygens (including phenoxy) is 1. The summed E-state index contributed by atoms with van der Waals surface area (Å²) in [4.78, 5) is 7.93. The lowest BCUT2D eigenvalue weighted by Gasteiger charge is -2.09. The molecule has 0 aliphatic carbocycles. The number of nitrogens with zero attached hydrogens (tertiary/aromatic N) is 2. The number of nitrogens with two attached hydrogens (primary N) is 1. The maximum Gasteiger partial charge on any atom is 0.247 e. The SMILES string of the molecule is CCc1ccc(Oc2nc(Cl)nc(C)c2N)cc1. The first-order valence-corrected chi connectivity index (χ1v) is 6.04. The van der Waals surface area contributed by atoms with Gasteiger partial charge in [0.15, 0.2) is 0 Å². The summed E-state index contributed by atoms with van der Waals surface area (Å²) in [6.07, 6.45) is 0.987. The predicted molar refractivity (Wildman–Crippen MR) is 72.1 cm³/mol. The van der Waals surface area contributed by atoms with E-state index in [2.05, 4.69) is 16.9 Å². The van der Waals surface area contributed by atoms with E-state index in [1.54, 1.807) is 6.92 Å². The standard InChI is InChI=1S/C13H14ClN3O/c1-3-9-4-6-10(7-5-9)18-12-11(15)8(2)16-13(14)17-12/h4-7H,3,15H2,1-2H3. The zero-order valence-corrected chi connectivity index (χ0v) is 11.0. The fraction of sp³-hybridized carbons (Fsp3) is 0.231. The normalized spacial score (nSPS) is 10.4. The van der Waals surface area contributed by atoms with E-state index < -0.39 is 0 Å². The number of halogens is 1. The van der Waals surface area contributed by atoms with Crippen LogP contribution in [0.3, 0.4) is 0 Å². The maximum atomic E-state index is 5.85. The van der Waals surface area contributed by atoms with Gasteiger partial charge in [-0.1, -0.05) is 19.1 Å². The second-order valence-electron chi connectivity index (χ2n) is 3.90. The second-order valence-corrected chi connectivity index (χ2v) is 4.23. The van der Waals surface area contributed by atoms with Crippen molar-refractivity contribution in [3.8, 4) is 11.6 Å². The zero-order chi connectivity index (χ0) is 13.1. The Morgan fingerprint density at radius 1 is 1.22 bits per heavy atom. The molecule has 1 aromatic heterocycles. The molecule has 0 amide bonds. The first-order valence-electron chi connectivity index (χ1n) is 5.66. The van der Waals surface area contributed by atoms with Gasteiger partial charge in [0.2, 0.25) is 11.2 Å². The van der Waals surface area contributed by atoms with Gasteiger partial charge in [0.25, 0.3) is 0 Å². The highest BCUT2D eigenvalue weighted by atomic mass is 35.5. The first-order chi connectivity index (χ1) is 8.60. The highest BCUT2D eigenvalue weighted by molar-refractivity contribution is 6.28. The first kappa shape index (κ1) is 12.6. The van der Waals surface area contributed by atoms with E-state index in [0.717, 1.165) is 6.42 Å². The Hall–Kier alpha value is -1.81. The molecule has 2 rings (SSSR count). The van der Waals surface area contributed by atoms with Crippen molar-refractivity contribution in [1.82, 2.24) is 9.97 Å². The Labute approximate surface area is 111 Å². The Morgan fingerprint density at radius 2 is 1.89 bits per heavy atom. The van der Waals surface area contributed by atoms with E-state index in [4.69, 9.17) is 22.1 Å². The molecule has 0 radical (unpaired) electrons. The van der Waals surface area contributed by atoms with Gasteiger partial charge in [0.1, 0.15) is 11.4 Å². The molecule has 2 aromatic rings. The number of hydrogen-bond acceptors (Lipinski definition) is 4. The zero-order valence-electron chi connectivity index (χ0n) is 10.3. The highest BCUT2D eigenvalue weighted by Crippen LogP contribution is 2.28. The third kappa shape index (κ3) is 2.71. The van der Waals surface area contributed by atoms with E-state index in [9.17, 15) is 0 Å². The molecule has 94 valence electrons. The number of anilines is 1. The van der Waals surface area contributed by atoms with Crippen LogP contribution in [0.1, 0.15) is 18.2 Å². The van der Waals surface area contributed by atoms with Crippen LogP contribution in [0, 0.1) is 6.92 Å². The Kier molecular flexibility index (Phi) is 3.67. The quantitative estimate of drug-likeness (QED) is 0.863. The van der Waals surface area contributed by atoms with E-state index in [1.807, 2.05) is 24.3 Å². The van der Waals surface area contributed by atoms with Crippen LogP contribution in [0.15, 0.2) is 24.3 Å². The van der Waals surface area contributed by atoms with Gasteiger partial charge in [-0.3, -0.25) is 0 Å². The van der Waals surface area contributed by atoms with E-state index in [-0.39, 0.29) is 11.2 Å². The summed E-state index contributed by atoms with van der Waals surface area (Å²) in [7, 11) is 0. The minimum absolute atomic E-state index is 0.127. The summed E-state index contributed by atoms with van der Waals surface area (Å²) in [6, 6.07) is 7.76. The molecule has 0 unspecified atom stereocenters. The lowest BCUT2D eigenvalue weighted by molar-refractivity contribution is 0.463. The summed E-state index contributed by atoms with van der Waals surface area (Å²) in [5.41, 5.74) is 8.10. The van der Waals surface area contributed by atoms with Crippen molar-refractivity contribution < 1.29 is 4.74 Å². The molecule has 0 aliphatic rings. The number of aryl methyl sites for hydroxylation is 2. The largest absolute Gasteiger partial charge is 0.437 e. The van der Waals surface area contributed by atoms with Crippen LogP contribution >= 0.6 is 11.6 Å². The van der Waals surface area contributed by atoms with Gasteiger partial charge in [-0.05, 0) is 42.6 Å². The average molecular weight is 264 g/mol. The molecule has 5 heteroatoms. The van der Waals surface area contributed by atoms with Gasteiger partial charge in [-0.2, -0.15) is 4.98 Å². The van der Waals surface area contributed by atoms with Crippen LogP contribution in [-0.4, -0.2) is 9.97 Å². The fourth-order valence-corrected chi connectivity index (χ4v) is 1.71. The number of benzene rings is 1. The number of rotatable bonds is 3. The molecule has 0 bridgehead atoms. The number of nitrogen functional groups attached to an aromatic ring is 1. The van der Waals surface area contributed by atoms with Crippen molar-refractivity contribution in [1.29, 1.82) is 0 Å². The van der Waals surface area contributed by atoms with Gasteiger partial charge >= 0.3 is 0 Å². The van der Waals surface area contributed by atoms with Gasteiger partial charge in [0.05, 0.1) is 5.69 Å². The van der Waals surface area contributed by atoms with Crippen LogP contribution in [-0.2, 0) is 6.42 Å². The Morgan fingerprint density at radius 3 is 2.50 bits per heavy atom. The topological polar surface area (TPSA) is 61.0 Å². The van der Waals surface area contributed by atoms with Crippen molar-refractivity contribution in [3.63, 3.8) is 0 Å². The van der Waals surface area contributed by atoms with Gasteiger partial charge in [-0.15, -0.1) is 0 Å². The van der Waals surface area contributed by atoms with Crippen molar-refractivity contribution in [2.24, 2.45) is 0 Å². The van der Waals surface area contributed by atoms with E-state index in [0.29, 0.717) is 17.1 Å². The maximum absolute atomic E-state index is 5.85. The number of hydrogen-bond donors (Lipinski definition) is 1. The lowest BCUT2D eigenvalue weighted by atomic mass is 10.2. The summed E-state index contributed by atoms with van der Waals surface area (Å²) in [5, 5.41) is 0.127. The summed E-state index contributed by atoms with van der Waals surface area (Å²) in [5.74, 6) is 0.963. The molecule has 0 aliphatic heterocycles. The molecular weight excluding hydrogens is 250 g/mol. The highest BCUT2D eigenvalue weighted by Gasteiger charge is 2.09. The average Bonchev–Trinajstić information content (AvgIpc) is 2.36. The summed E-state index contributed by atoms with van der Waals surface area (Å²) >= 11 is 5.78. The molecule has 1 aromatic carbocycles. The van der Waals surface area contributed by atoms with Gasteiger partial charge in [0, 0.05) is 0 Å².